The summed E-state index contributed by atoms with van der Waals surface area (Å²) in [6, 6.07) is 3.02. The number of primary amides is 1. The molecule has 1 aromatic carbocycles. The number of rotatable bonds is 4. The Morgan fingerprint density at radius 1 is 1.65 bits per heavy atom. The summed E-state index contributed by atoms with van der Waals surface area (Å²) in [7, 11) is 0. The molecule has 0 bridgehead atoms. The monoisotopic (exact) mass is 320 g/mol. The van der Waals surface area contributed by atoms with Crippen LogP contribution in [0.25, 0.3) is 0 Å². The molecular weight excluding hydrogens is 311 g/mol. The van der Waals surface area contributed by atoms with Gasteiger partial charge in [-0.2, -0.15) is 0 Å². The van der Waals surface area contributed by atoms with E-state index < -0.39 is 16.2 Å². The molecule has 7 heteroatoms. The molecule has 1 atom stereocenters. The van der Waals surface area contributed by atoms with Crippen molar-refractivity contribution in [2.75, 3.05) is 0 Å². The minimum absolute atomic E-state index is 0.00321. The summed E-state index contributed by atoms with van der Waals surface area (Å²) in [6.07, 6.45) is 0.151. The number of halogens is 2. The maximum atomic E-state index is 10.8. The molecule has 0 aliphatic rings. The van der Waals surface area contributed by atoms with Gasteiger partial charge in [0.2, 0.25) is 5.91 Å². The zero-order valence-corrected chi connectivity index (χ0v) is 11.3. The number of carbonyl (C=O) groups is 1. The highest BCUT2D eigenvalue weighted by Gasteiger charge is 2.18. The van der Waals surface area contributed by atoms with Gasteiger partial charge in [0.1, 0.15) is 5.38 Å². The summed E-state index contributed by atoms with van der Waals surface area (Å²) in [5, 5.41) is 9.89. The van der Waals surface area contributed by atoms with Gasteiger partial charge in [-0.05, 0) is 25.0 Å². The van der Waals surface area contributed by atoms with Gasteiger partial charge >= 0.3 is 0 Å². The average molecular weight is 322 g/mol. The van der Waals surface area contributed by atoms with Gasteiger partial charge in [-0.15, -0.1) is 11.6 Å². The van der Waals surface area contributed by atoms with Crippen LogP contribution >= 0.6 is 27.5 Å². The Balaban J connectivity index is 3.12. The van der Waals surface area contributed by atoms with Gasteiger partial charge in [0.15, 0.2) is 0 Å². The third-order valence-corrected chi connectivity index (χ3v) is 3.38. The van der Waals surface area contributed by atoms with Crippen LogP contribution < -0.4 is 5.73 Å². The van der Waals surface area contributed by atoms with Crippen molar-refractivity contribution in [1.29, 1.82) is 0 Å². The second kappa shape index (κ2) is 5.46. The van der Waals surface area contributed by atoms with Crippen molar-refractivity contribution >= 4 is 39.1 Å². The van der Waals surface area contributed by atoms with Crippen LogP contribution in [0.15, 0.2) is 16.6 Å². The van der Waals surface area contributed by atoms with E-state index in [9.17, 15) is 14.9 Å². The van der Waals surface area contributed by atoms with Crippen LogP contribution in [0.5, 0.6) is 0 Å². The Labute approximate surface area is 111 Å². The second-order valence-electron chi connectivity index (χ2n) is 3.56. The van der Waals surface area contributed by atoms with Gasteiger partial charge in [0, 0.05) is 16.1 Å². The van der Waals surface area contributed by atoms with Crippen LogP contribution in [-0.2, 0) is 11.2 Å². The summed E-state index contributed by atoms with van der Waals surface area (Å²) in [5.41, 5.74) is 6.16. The molecule has 1 amide bonds. The van der Waals surface area contributed by atoms with Crippen molar-refractivity contribution in [3.05, 3.63) is 37.8 Å². The number of hydrogen-bond acceptors (Lipinski definition) is 3. The Morgan fingerprint density at radius 2 is 2.24 bits per heavy atom. The SMILES string of the molecule is Cc1cc(Br)c(CC(Cl)C(N)=O)cc1[N+](=O)[O-]. The first-order chi connectivity index (χ1) is 7.82. The Hall–Kier alpha value is -1.14. The number of hydrogen-bond donors (Lipinski definition) is 1. The minimum Gasteiger partial charge on any atom is -0.368 e. The normalized spacial score (nSPS) is 12.2. The molecule has 0 aliphatic carbocycles. The maximum absolute atomic E-state index is 10.8. The molecule has 0 heterocycles. The van der Waals surface area contributed by atoms with E-state index in [2.05, 4.69) is 15.9 Å². The van der Waals surface area contributed by atoms with Crippen molar-refractivity contribution in [3.8, 4) is 0 Å². The summed E-state index contributed by atoms with van der Waals surface area (Å²) in [5.74, 6) is -0.651. The van der Waals surface area contributed by atoms with Crippen LogP contribution in [0.1, 0.15) is 11.1 Å². The van der Waals surface area contributed by atoms with Crippen molar-refractivity contribution in [1.82, 2.24) is 0 Å². The van der Waals surface area contributed by atoms with Gasteiger partial charge in [-0.3, -0.25) is 14.9 Å². The Kier molecular flexibility index (Phi) is 4.47. The van der Waals surface area contributed by atoms with Crippen molar-refractivity contribution in [2.45, 2.75) is 18.7 Å². The van der Waals surface area contributed by atoms with E-state index in [0.29, 0.717) is 15.6 Å². The first-order valence-electron chi connectivity index (χ1n) is 4.69. The highest BCUT2D eigenvalue weighted by Crippen LogP contribution is 2.28. The summed E-state index contributed by atoms with van der Waals surface area (Å²) < 4.78 is 0.674. The maximum Gasteiger partial charge on any atom is 0.272 e. The number of nitro benzene ring substituents is 1. The number of nitrogens with zero attached hydrogens (tertiary/aromatic N) is 1. The van der Waals surface area contributed by atoms with Crippen LogP contribution in [0.2, 0.25) is 0 Å². The third kappa shape index (κ3) is 3.41. The van der Waals surface area contributed by atoms with E-state index in [0.717, 1.165) is 0 Å². The number of nitro groups is 1. The van der Waals surface area contributed by atoms with E-state index in [1.54, 1.807) is 13.0 Å². The van der Waals surface area contributed by atoms with Gasteiger partial charge in [-0.1, -0.05) is 15.9 Å². The van der Waals surface area contributed by atoms with Crippen molar-refractivity contribution in [3.63, 3.8) is 0 Å². The quantitative estimate of drug-likeness (QED) is 0.524. The predicted octanol–water partition coefficient (Wildman–Crippen LogP) is 2.30. The lowest BCUT2D eigenvalue weighted by molar-refractivity contribution is -0.385. The van der Waals surface area contributed by atoms with E-state index in [1.807, 2.05) is 0 Å². The molecule has 0 aliphatic heterocycles. The molecule has 0 radical (unpaired) electrons. The average Bonchev–Trinajstić information content (AvgIpc) is 2.21. The molecule has 0 saturated heterocycles. The standard InChI is InChI=1S/C10H10BrClN2O3/c1-5-2-7(11)6(3-8(12)10(13)15)4-9(5)14(16)17/h2,4,8H,3H2,1H3,(H2,13,15). The van der Waals surface area contributed by atoms with E-state index in [-0.39, 0.29) is 12.1 Å². The minimum atomic E-state index is -0.881. The summed E-state index contributed by atoms with van der Waals surface area (Å²) >= 11 is 9.00. The highest BCUT2D eigenvalue weighted by molar-refractivity contribution is 9.10. The molecule has 5 nitrogen and oxygen atoms in total. The molecule has 0 fully saturated rings. The molecule has 0 spiro atoms. The lowest BCUT2D eigenvalue weighted by Crippen LogP contribution is -2.25. The molecule has 92 valence electrons. The first kappa shape index (κ1) is 13.9. The molecule has 0 saturated carbocycles. The lowest BCUT2D eigenvalue weighted by atomic mass is 10.1. The zero-order chi connectivity index (χ0) is 13.2. The molecule has 17 heavy (non-hydrogen) atoms. The number of alkyl halides is 1. The van der Waals surface area contributed by atoms with Crippen molar-refractivity contribution in [2.24, 2.45) is 5.73 Å². The Bertz CT molecular complexity index is 479. The molecule has 2 N–H and O–H groups in total. The van der Waals surface area contributed by atoms with E-state index in [4.69, 9.17) is 17.3 Å². The van der Waals surface area contributed by atoms with Crippen LogP contribution in [-0.4, -0.2) is 16.2 Å². The number of carbonyl (C=O) groups excluding carboxylic acids is 1. The zero-order valence-electron chi connectivity index (χ0n) is 8.94. The fourth-order valence-electron chi connectivity index (χ4n) is 1.35. The predicted molar refractivity (Wildman–Crippen MR) is 68.1 cm³/mol. The summed E-state index contributed by atoms with van der Waals surface area (Å²) in [6.45, 7) is 1.64. The molecular formula is C10H10BrClN2O3. The molecule has 1 unspecified atom stereocenters. The fraction of sp³-hybridized carbons (Fsp3) is 0.300. The Morgan fingerprint density at radius 3 is 2.71 bits per heavy atom. The third-order valence-electron chi connectivity index (χ3n) is 2.27. The number of benzene rings is 1. The number of amides is 1. The topological polar surface area (TPSA) is 86.2 Å². The van der Waals surface area contributed by atoms with Crippen LogP contribution in [0.4, 0.5) is 5.69 Å². The second-order valence-corrected chi connectivity index (χ2v) is 4.94. The van der Waals surface area contributed by atoms with Crippen LogP contribution in [0, 0.1) is 17.0 Å². The molecule has 0 aromatic heterocycles. The number of nitrogens with two attached hydrogens (primary N) is 1. The summed E-state index contributed by atoms with van der Waals surface area (Å²) in [4.78, 5) is 21.1. The largest absolute Gasteiger partial charge is 0.368 e. The first-order valence-corrected chi connectivity index (χ1v) is 5.92. The van der Waals surface area contributed by atoms with Gasteiger partial charge in [-0.25, -0.2) is 0 Å². The van der Waals surface area contributed by atoms with Gasteiger partial charge < -0.3 is 5.73 Å². The van der Waals surface area contributed by atoms with Gasteiger partial charge in [0.25, 0.3) is 5.69 Å². The molecule has 1 rings (SSSR count). The highest BCUT2D eigenvalue weighted by atomic mass is 79.9. The number of aryl methyl sites for hydroxylation is 1. The van der Waals surface area contributed by atoms with E-state index in [1.165, 1.54) is 6.07 Å². The van der Waals surface area contributed by atoms with E-state index >= 15 is 0 Å². The van der Waals surface area contributed by atoms with Crippen LogP contribution in [0.3, 0.4) is 0 Å². The van der Waals surface area contributed by atoms with Gasteiger partial charge in [0.05, 0.1) is 4.92 Å². The lowest BCUT2D eigenvalue weighted by Gasteiger charge is -2.08. The fourth-order valence-corrected chi connectivity index (χ4v) is 2.14. The van der Waals surface area contributed by atoms with Crippen molar-refractivity contribution < 1.29 is 9.72 Å². The smallest absolute Gasteiger partial charge is 0.272 e. The molecule has 1 aromatic rings.